The lowest BCUT2D eigenvalue weighted by Crippen LogP contribution is -2.59. The second-order valence-corrected chi connectivity index (χ2v) is 11.9. The van der Waals surface area contributed by atoms with Crippen molar-refractivity contribution in [2.24, 2.45) is 0 Å². The summed E-state index contributed by atoms with van der Waals surface area (Å²) in [6.07, 6.45) is -6.50. The Morgan fingerprint density at radius 1 is 1.07 bits per heavy atom. The first-order valence-electron chi connectivity index (χ1n) is 12.7. The molecule has 2 N–H and O–H groups in total. The SMILES string of the molecule is Cc1ccc(CN2CC(c3cccnc3)C3(C2)OCCN(Cc2ccsc2)C3=O)s1.O=C(O)C(F)(F)F.O=C(O)C(F)(F)F. The number of alkyl halides is 6. The van der Waals surface area contributed by atoms with Gasteiger partial charge >= 0.3 is 24.3 Å². The van der Waals surface area contributed by atoms with Crippen LogP contribution in [0.25, 0.3) is 0 Å². The number of carboxylic acids is 2. The number of carbonyl (C=O) groups is 3. The van der Waals surface area contributed by atoms with Gasteiger partial charge in [0.1, 0.15) is 0 Å². The van der Waals surface area contributed by atoms with Crippen molar-refractivity contribution in [1.29, 1.82) is 0 Å². The molecule has 2 unspecified atom stereocenters. The average Bonchev–Trinajstić information content (AvgIpc) is 3.68. The minimum atomic E-state index is -5.08. The number of likely N-dealkylation sites (tertiary alicyclic amines) is 1. The van der Waals surface area contributed by atoms with E-state index < -0.39 is 29.9 Å². The zero-order valence-corrected chi connectivity index (χ0v) is 24.6. The summed E-state index contributed by atoms with van der Waals surface area (Å²) in [6.45, 7) is 6.24. The Bertz CT molecular complexity index is 1380. The molecular formula is C27H27F6N3O6S2. The van der Waals surface area contributed by atoms with E-state index in [9.17, 15) is 31.1 Å². The van der Waals surface area contributed by atoms with Crippen LogP contribution in [0.4, 0.5) is 26.3 Å². The molecule has 2 aliphatic rings. The van der Waals surface area contributed by atoms with E-state index in [4.69, 9.17) is 24.5 Å². The van der Waals surface area contributed by atoms with Gasteiger partial charge in [-0.05, 0) is 53.1 Å². The molecule has 5 rings (SSSR count). The predicted octanol–water partition coefficient (Wildman–Crippen LogP) is 5.18. The van der Waals surface area contributed by atoms with Crippen molar-refractivity contribution in [2.75, 3.05) is 26.2 Å². The summed E-state index contributed by atoms with van der Waals surface area (Å²) in [7, 11) is 0. The molecule has 5 heterocycles. The minimum Gasteiger partial charge on any atom is -0.475 e. The Hall–Kier alpha value is -3.54. The van der Waals surface area contributed by atoms with Crippen LogP contribution >= 0.6 is 22.7 Å². The van der Waals surface area contributed by atoms with Gasteiger partial charge < -0.3 is 19.8 Å². The number of pyridine rings is 1. The molecule has 3 aromatic rings. The van der Waals surface area contributed by atoms with Gasteiger partial charge in [0.15, 0.2) is 5.60 Å². The van der Waals surface area contributed by atoms with Gasteiger partial charge in [0, 0.05) is 60.8 Å². The summed E-state index contributed by atoms with van der Waals surface area (Å²) in [4.78, 5) is 42.9. The number of aryl methyl sites for hydroxylation is 1. The van der Waals surface area contributed by atoms with E-state index in [1.807, 2.05) is 28.5 Å². The highest BCUT2D eigenvalue weighted by Gasteiger charge is 2.57. The molecular weight excluding hydrogens is 640 g/mol. The Kier molecular flexibility index (Phi) is 11.5. The molecule has 0 aliphatic carbocycles. The summed E-state index contributed by atoms with van der Waals surface area (Å²) in [6, 6.07) is 10.5. The molecule has 44 heavy (non-hydrogen) atoms. The third-order valence-corrected chi connectivity index (χ3v) is 8.25. The van der Waals surface area contributed by atoms with Crippen molar-refractivity contribution in [3.05, 3.63) is 74.4 Å². The zero-order valence-electron chi connectivity index (χ0n) is 23.0. The van der Waals surface area contributed by atoms with Gasteiger partial charge in [0.25, 0.3) is 5.91 Å². The number of amides is 1. The number of nitrogens with zero attached hydrogens (tertiary/aromatic N) is 3. The molecule has 3 aromatic heterocycles. The maximum atomic E-state index is 13.8. The summed E-state index contributed by atoms with van der Waals surface area (Å²) in [5, 5.41) is 18.4. The van der Waals surface area contributed by atoms with E-state index in [0.717, 1.165) is 18.7 Å². The van der Waals surface area contributed by atoms with Gasteiger partial charge in [-0.25, -0.2) is 9.59 Å². The third-order valence-electron chi connectivity index (χ3n) is 6.53. The van der Waals surface area contributed by atoms with Crippen molar-refractivity contribution in [2.45, 2.75) is 43.9 Å². The number of thiophene rings is 2. The van der Waals surface area contributed by atoms with Crippen molar-refractivity contribution in [3.8, 4) is 0 Å². The second-order valence-electron chi connectivity index (χ2n) is 9.72. The molecule has 2 saturated heterocycles. The number of hydrogen-bond acceptors (Lipinski definition) is 8. The molecule has 0 radical (unpaired) electrons. The highest BCUT2D eigenvalue weighted by Crippen LogP contribution is 2.42. The molecule has 0 bridgehead atoms. The van der Waals surface area contributed by atoms with E-state index in [-0.39, 0.29) is 11.8 Å². The Morgan fingerprint density at radius 3 is 2.23 bits per heavy atom. The molecule has 2 atom stereocenters. The maximum Gasteiger partial charge on any atom is 0.490 e. The highest BCUT2D eigenvalue weighted by molar-refractivity contribution is 7.11. The smallest absolute Gasteiger partial charge is 0.475 e. The summed E-state index contributed by atoms with van der Waals surface area (Å²) < 4.78 is 69.8. The van der Waals surface area contributed by atoms with E-state index in [1.54, 1.807) is 17.5 Å². The van der Waals surface area contributed by atoms with Crippen LogP contribution in [-0.2, 0) is 32.2 Å². The third kappa shape index (κ3) is 9.23. The normalized spacial score (nSPS) is 20.5. The van der Waals surface area contributed by atoms with Gasteiger partial charge in [0.05, 0.1) is 6.61 Å². The van der Waals surface area contributed by atoms with Gasteiger partial charge in [0.2, 0.25) is 0 Å². The summed E-state index contributed by atoms with van der Waals surface area (Å²) in [5.74, 6) is -5.43. The molecule has 2 fully saturated rings. The largest absolute Gasteiger partial charge is 0.490 e. The van der Waals surface area contributed by atoms with Crippen LogP contribution < -0.4 is 0 Å². The lowest BCUT2D eigenvalue weighted by atomic mass is 9.83. The van der Waals surface area contributed by atoms with Gasteiger partial charge in [-0.15, -0.1) is 11.3 Å². The number of carboxylic acid groups (broad SMARTS) is 2. The summed E-state index contributed by atoms with van der Waals surface area (Å²) >= 11 is 3.49. The van der Waals surface area contributed by atoms with Crippen LogP contribution in [-0.4, -0.2) is 87.0 Å². The van der Waals surface area contributed by atoms with Crippen molar-refractivity contribution >= 4 is 40.5 Å². The molecule has 1 amide bonds. The van der Waals surface area contributed by atoms with Gasteiger partial charge in [-0.2, -0.15) is 37.7 Å². The van der Waals surface area contributed by atoms with Gasteiger partial charge in [-0.1, -0.05) is 6.07 Å². The number of halogens is 6. The predicted molar refractivity (Wildman–Crippen MR) is 147 cm³/mol. The Balaban J connectivity index is 0.000000317. The zero-order chi connectivity index (χ0) is 32.7. The van der Waals surface area contributed by atoms with Crippen LogP contribution in [0.1, 0.15) is 26.8 Å². The number of hydrogen-bond donors (Lipinski definition) is 2. The van der Waals surface area contributed by atoms with Crippen molar-refractivity contribution in [1.82, 2.24) is 14.8 Å². The van der Waals surface area contributed by atoms with Gasteiger partial charge in [-0.3, -0.25) is 14.7 Å². The minimum absolute atomic E-state index is 0.0231. The topological polar surface area (TPSA) is 120 Å². The standard InChI is InChI=1S/C23H25N3O2S2.2C2HF3O2/c1-17-4-5-20(30-17)13-25-14-21(19-3-2-7-24-11-19)23(16-25)22(27)26(8-9-28-23)12-18-6-10-29-15-18;2*3-2(4,5)1(6)7/h2-7,10-11,15,21H,8-9,12-14,16H2,1H3;2*(H,6,7). The van der Waals surface area contributed by atoms with Crippen LogP contribution in [0.2, 0.25) is 0 Å². The molecule has 0 saturated carbocycles. The first kappa shape index (κ1) is 34.9. The molecule has 0 aromatic carbocycles. The Labute approximate surface area is 255 Å². The lowest BCUT2D eigenvalue weighted by Gasteiger charge is -2.42. The lowest BCUT2D eigenvalue weighted by molar-refractivity contribution is -0.193. The quantitative estimate of drug-likeness (QED) is 0.358. The fourth-order valence-electron chi connectivity index (χ4n) is 4.67. The number of aromatic nitrogens is 1. The van der Waals surface area contributed by atoms with Crippen LogP contribution in [0.3, 0.4) is 0 Å². The molecule has 9 nitrogen and oxygen atoms in total. The number of aliphatic carboxylic acids is 2. The first-order chi connectivity index (χ1) is 20.5. The molecule has 17 heteroatoms. The average molecular weight is 668 g/mol. The second kappa shape index (κ2) is 14.5. The van der Waals surface area contributed by atoms with Crippen molar-refractivity contribution < 1.29 is 55.7 Å². The molecule has 2 aliphatic heterocycles. The number of carbonyl (C=O) groups excluding carboxylic acids is 1. The van der Waals surface area contributed by atoms with Crippen LogP contribution in [0.5, 0.6) is 0 Å². The fourth-order valence-corrected chi connectivity index (χ4v) is 6.26. The van der Waals surface area contributed by atoms with Crippen molar-refractivity contribution in [3.63, 3.8) is 0 Å². The van der Waals surface area contributed by atoms with E-state index in [0.29, 0.717) is 26.2 Å². The summed E-state index contributed by atoms with van der Waals surface area (Å²) in [5.41, 5.74) is 1.42. The monoisotopic (exact) mass is 667 g/mol. The highest BCUT2D eigenvalue weighted by atomic mass is 32.1. The van der Waals surface area contributed by atoms with Crippen LogP contribution in [0.15, 0.2) is 53.5 Å². The number of morpholine rings is 1. The van der Waals surface area contributed by atoms with E-state index in [2.05, 4.69) is 51.8 Å². The fraction of sp³-hybridized carbons (Fsp3) is 0.407. The van der Waals surface area contributed by atoms with E-state index in [1.165, 1.54) is 15.3 Å². The molecule has 240 valence electrons. The Morgan fingerprint density at radius 2 is 1.73 bits per heavy atom. The van der Waals surface area contributed by atoms with E-state index >= 15 is 0 Å². The number of ether oxygens (including phenoxy) is 1. The van der Waals surface area contributed by atoms with Crippen LogP contribution in [0, 0.1) is 6.92 Å². The first-order valence-corrected chi connectivity index (χ1v) is 14.5. The molecule has 1 spiro atoms. The maximum absolute atomic E-state index is 13.8. The number of rotatable bonds is 5.